The summed E-state index contributed by atoms with van der Waals surface area (Å²) in [5.74, 6) is 2.34. The molecule has 0 aliphatic heterocycles. The lowest BCUT2D eigenvalue weighted by atomic mass is 10.2. The Morgan fingerprint density at radius 1 is 1.67 bits per heavy atom. The molecule has 0 spiro atoms. The minimum absolute atomic E-state index is 0.432. The van der Waals surface area contributed by atoms with Crippen LogP contribution in [0.25, 0.3) is 0 Å². The Morgan fingerprint density at radius 2 is 2.25 bits per heavy atom. The topological polar surface area (TPSA) is 46.2 Å². The summed E-state index contributed by atoms with van der Waals surface area (Å²) in [6.45, 7) is 1.93. The van der Waals surface area contributed by atoms with E-state index in [-0.39, 0.29) is 0 Å². The summed E-state index contributed by atoms with van der Waals surface area (Å²) in [5.41, 5.74) is 0. The molecule has 0 aromatic heterocycles. The van der Waals surface area contributed by atoms with Gasteiger partial charge in [0.1, 0.15) is 5.21 Å². The summed E-state index contributed by atoms with van der Waals surface area (Å²) >= 11 is 5.18. The molecule has 3 nitrogen and oxygen atoms in total. The van der Waals surface area contributed by atoms with Gasteiger partial charge in [-0.2, -0.15) is 4.72 Å². The van der Waals surface area contributed by atoms with Crippen LogP contribution in [0.4, 0.5) is 0 Å². The zero-order valence-corrected chi connectivity index (χ0v) is 8.45. The smallest absolute Gasteiger partial charge is 0.211 e. The van der Waals surface area contributed by atoms with E-state index in [4.69, 9.17) is 18.0 Å². The van der Waals surface area contributed by atoms with Crippen molar-refractivity contribution in [2.45, 2.75) is 25.8 Å². The van der Waals surface area contributed by atoms with Crippen molar-refractivity contribution in [2.24, 2.45) is 0 Å². The van der Waals surface area contributed by atoms with Crippen LogP contribution in [0.1, 0.15) is 19.8 Å². The summed E-state index contributed by atoms with van der Waals surface area (Å²) in [4.78, 5) is 0. The molecule has 0 rings (SSSR count). The van der Waals surface area contributed by atoms with Crippen LogP contribution >= 0.6 is 11.6 Å². The molecule has 0 bridgehead atoms. The normalized spacial score (nSPS) is 13.8. The third-order valence-corrected chi connectivity index (χ3v) is 3.04. The van der Waals surface area contributed by atoms with Crippen LogP contribution in [0.5, 0.6) is 0 Å². The van der Waals surface area contributed by atoms with Crippen molar-refractivity contribution in [3.63, 3.8) is 0 Å². The number of nitrogens with one attached hydrogen (secondary N) is 1. The first-order valence-electron chi connectivity index (χ1n) is 3.57. The highest BCUT2D eigenvalue weighted by Crippen LogP contribution is 1.98. The van der Waals surface area contributed by atoms with E-state index >= 15 is 0 Å². The fourth-order valence-corrected chi connectivity index (χ4v) is 1.58. The van der Waals surface area contributed by atoms with Gasteiger partial charge in [0, 0.05) is 0 Å². The molecule has 70 valence electrons. The molecule has 0 aliphatic rings. The molecular weight excluding hydrogens is 198 g/mol. The quantitative estimate of drug-likeness (QED) is 0.540. The van der Waals surface area contributed by atoms with E-state index < -0.39 is 21.3 Å². The molecule has 0 aromatic carbocycles. The van der Waals surface area contributed by atoms with E-state index in [0.717, 1.165) is 6.42 Å². The second-order valence-electron chi connectivity index (χ2n) is 2.35. The molecule has 0 heterocycles. The first-order chi connectivity index (χ1) is 5.55. The molecule has 5 heteroatoms. The monoisotopic (exact) mass is 209 g/mol. The fraction of sp³-hybridized carbons (Fsp3) is 0.714. The fourth-order valence-electron chi connectivity index (χ4n) is 0.713. The van der Waals surface area contributed by atoms with Crippen LogP contribution in [0.3, 0.4) is 0 Å². The Labute approximate surface area is 78.5 Å². The number of halogens is 1. The van der Waals surface area contributed by atoms with Crippen LogP contribution < -0.4 is 4.72 Å². The molecule has 1 atom stereocenters. The largest absolute Gasteiger partial charge is 0.226 e. The molecule has 0 fully saturated rings. The first-order valence-corrected chi connectivity index (χ1v) is 5.76. The number of rotatable bonds is 5. The van der Waals surface area contributed by atoms with E-state index in [9.17, 15) is 8.42 Å². The van der Waals surface area contributed by atoms with Gasteiger partial charge in [-0.25, -0.2) is 8.42 Å². The summed E-state index contributed by atoms with van der Waals surface area (Å²) in [7, 11) is -3.38. The molecule has 12 heavy (non-hydrogen) atoms. The average Bonchev–Trinajstić information content (AvgIpc) is 2.03. The van der Waals surface area contributed by atoms with Crippen molar-refractivity contribution in [1.29, 1.82) is 0 Å². The van der Waals surface area contributed by atoms with Gasteiger partial charge < -0.3 is 0 Å². The van der Waals surface area contributed by atoms with Crippen molar-refractivity contribution in [1.82, 2.24) is 4.72 Å². The number of terminal acetylenes is 1. The number of hydrogen-bond acceptors (Lipinski definition) is 2. The Morgan fingerprint density at radius 3 is 2.58 bits per heavy atom. The SMILES string of the molecule is C#CC(CCC)NS(=O)(=O)CCl. The Hall–Kier alpha value is -0.240. The molecule has 0 aromatic rings. The van der Waals surface area contributed by atoms with Gasteiger partial charge in [-0.15, -0.1) is 18.0 Å². The molecular formula is C7H12ClNO2S. The zero-order chi connectivity index (χ0) is 9.61. The lowest BCUT2D eigenvalue weighted by Crippen LogP contribution is -2.34. The van der Waals surface area contributed by atoms with Gasteiger partial charge in [0.25, 0.3) is 0 Å². The van der Waals surface area contributed by atoms with Crippen molar-refractivity contribution in [3.05, 3.63) is 0 Å². The maximum absolute atomic E-state index is 10.9. The number of sulfonamides is 1. The third kappa shape index (κ3) is 4.60. The second-order valence-corrected chi connectivity index (χ2v) is 4.69. The predicted octanol–water partition coefficient (Wildman–Crippen LogP) is 0.904. The lowest BCUT2D eigenvalue weighted by molar-refractivity contribution is 0.569. The molecule has 1 N–H and O–H groups in total. The predicted molar refractivity (Wildman–Crippen MR) is 50.3 cm³/mol. The summed E-state index contributed by atoms with van der Waals surface area (Å²) in [6, 6.07) is -0.432. The Kier molecular flexibility index (Phi) is 5.31. The van der Waals surface area contributed by atoms with Gasteiger partial charge in [0.05, 0.1) is 6.04 Å². The maximum Gasteiger partial charge on any atom is 0.226 e. The van der Waals surface area contributed by atoms with Gasteiger partial charge in [-0.3, -0.25) is 0 Å². The van der Waals surface area contributed by atoms with Gasteiger partial charge in [0.15, 0.2) is 0 Å². The van der Waals surface area contributed by atoms with Crippen molar-refractivity contribution in [2.75, 3.05) is 5.21 Å². The van der Waals surface area contributed by atoms with Gasteiger partial charge in [0.2, 0.25) is 10.0 Å². The van der Waals surface area contributed by atoms with Gasteiger partial charge >= 0.3 is 0 Å². The highest BCUT2D eigenvalue weighted by molar-refractivity contribution is 7.90. The van der Waals surface area contributed by atoms with Crippen LogP contribution in [-0.4, -0.2) is 19.7 Å². The second kappa shape index (κ2) is 5.41. The molecule has 0 saturated heterocycles. The first kappa shape index (κ1) is 11.8. The third-order valence-electron chi connectivity index (χ3n) is 1.24. The standard InChI is InChI=1S/C7H12ClNO2S/c1-3-5-7(4-2)9-12(10,11)6-8/h2,7,9H,3,5-6H2,1H3. The van der Waals surface area contributed by atoms with Crippen LogP contribution in [0.15, 0.2) is 0 Å². The summed E-state index contributed by atoms with van der Waals surface area (Å²) in [5, 5.41) is -0.450. The maximum atomic E-state index is 10.9. The van der Waals surface area contributed by atoms with Crippen molar-refractivity contribution < 1.29 is 8.42 Å². The minimum atomic E-state index is -3.38. The van der Waals surface area contributed by atoms with E-state index in [1.807, 2.05) is 6.92 Å². The minimum Gasteiger partial charge on any atom is -0.211 e. The zero-order valence-electron chi connectivity index (χ0n) is 6.88. The lowest BCUT2D eigenvalue weighted by Gasteiger charge is -2.09. The molecule has 0 saturated carbocycles. The summed E-state index contributed by atoms with van der Waals surface area (Å²) < 4.78 is 24.1. The van der Waals surface area contributed by atoms with E-state index in [0.29, 0.717) is 6.42 Å². The van der Waals surface area contributed by atoms with Gasteiger partial charge in [-0.05, 0) is 6.42 Å². The molecule has 0 aliphatic carbocycles. The average molecular weight is 210 g/mol. The highest BCUT2D eigenvalue weighted by atomic mass is 35.5. The number of alkyl halides is 1. The Bertz CT molecular complexity index is 255. The van der Waals surface area contributed by atoms with E-state index in [2.05, 4.69) is 10.6 Å². The highest BCUT2D eigenvalue weighted by Gasteiger charge is 2.13. The van der Waals surface area contributed by atoms with Crippen LogP contribution in [-0.2, 0) is 10.0 Å². The van der Waals surface area contributed by atoms with Gasteiger partial charge in [-0.1, -0.05) is 19.3 Å². The molecule has 0 radical (unpaired) electrons. The summed E-state index contributed by atoms with van der Waals surface area (Å²) in [6.07, 6.45) is 6.57. The van der Waals surface area contributed by atoms with E-state index in [1.165, 1.54) is 0 Å². The van der Waals surface area contributed by atoms with E-state index in [1.54, 1.807) is 0 Å². The number of hydrogen-bond donors (Lipinski definition) is 1. The van der Waals surface area contributed by atoms with Crippen LogP contribution in [0.2, 0.25) is 0 Å². The van der Waals surface area contributed by atoms with Crippen molar-refractivity contribution in [3.8, 4) is 12.3 Å². The molecule has 0 amide bonds. The molecule has 1 unspecified atom stereocenters. The van der Waals surface area contributed by atoms with Crippen molar-refractivity contribution >= 4 is 21.6 Å². The van der Waals surface area contributed by atoms with Crippen LogP contribution in [0, 0.1) is 12.3 Å². The Balaban J connectivity index is 4.14.